The molecule has 158 valence electrons. The highest BCUT2D eigenvalue weighted by atomic mass is 16.2. The SMILES string of the molecule is Cc1ccc(N2C[C@@H](C(=O)NC3CCN(CC4CCCCC4)CC3)CC2=O)cc1. The molecule has 2 aliphatic heterocycles. The third-order valence-corrected chi connectivity index (χ3v) is 7.02. The minimum absolute atomic E-state index is 0.0521. The van der Waals surface area contributed by atoms with Crippen LogP contribution in [0.15, 0.2) is 24.3 Å². The van der Waals surface area contributed by atoms with Gasteiger partial charge in [-0.15, -0.1) is 0 Å². The third-order valence-electron chi connectivity index (χ3n) is 7.02. The molecule has 1 saturated carbocycles. The highest BCUT2D eigenvalue weighted by Crippen LogP contribution is 2.27. The Labute approximate surface area is 174 Å². The van der Waals surface area contributed by atoms with Crippen molar-refractivity contribution in [2.75, 3.05) is 31.1 Å². The predicted molar refractivity (Wildman–Crippen MR) is 116 cm³/mol. The van der Waals surface area contributed by atoms with Gasteiger partial charge in [0.25, 0.3) is 0 Å². The zero-order valence-electron chi connectivity index (χ0n) is 17.7. The van der Waals surface area contributed by atoms with Crippen LogP contribution >= 0.6 is 0 Å². The van der Waals surface area contributed by atoms with Crippen molar-refractivity contribution in [3.8, 4) is 0 Å². The summed E-state index contributed by atoms with van der Waals surface area (Å²) in [6.07, 6.45) is 9.37. The highest BCUT2D eigenvalue weighted by Gasteiger charge is 2.36. The Morgan fingerprint density at radius 3 is 2.41 bits per heavy atom. The largest absolute Gasteiger partial charge is 0.353 e. The Morgan fingerprint density at radius 1 is 1.03 bits per heavy atom. The van der Waals surface area contributed by atoms with Gasteiger partial charge < -0.3 is 15.1 Å². The van der Waals surface area contributed by atoms with Crippen LogP contribution in [0.3, 0.4) is 0 Å². The van der Waals surface area contributed by atoms with Gasteiger partial charge in [-0.2, -0.15) is 0 Å². The number of carbonyl (C=O) groups excluding carboxylic acids is 2. The monoisotopic (exact) mass is 397 g/mol. The van der Waals surface area contributed by atoms with Gasteiger partial charge in [0.1, 0.15) is 0 Å². The number of carbonyl (C=O) groups is 2. The van der Waals surface area contributed by atoms with Crippen LogP contribution in [0, 0.1) is 18.8 Å². The molecule has 2 heterocycles. The number of aryl methyl sites for hydroxylation is 1. The molecule has 29 heavy (non-hydrogen) atoms. The molecule has 0 unspecified atom stereocenters. The average molecular weight is 398 g/mol. The summed E-state index contributed by atoms with van der Waals surface area (Å²) in [5.74, 6) is 0.756. The molecule has 0 radical (unpaired) electrons. The van der Waals surface area contributed by atoms with E-state index in [4.69, 9.17) is 0 Å². The second-order valence-corrected chi connectivity index (χ2v) is 9.33. The second-order valence-electron chi connectivity index (χ2n) is 9.33. The summed E-state index contributed by atoms with van der Waals surface area (Å²) < 4.78 is 0. The summed E-state index contributed by atoms with van der Waals surface area (Å²) in [7, 11) is 0. The van der Waals surface area contributed by atoms with Crippen molar-refractivity contribution in [2.45, 2.75) is 64.3 Å². The summed E-state index contributed by atoms with van der Waals surface area (Å²) in [5, 5.41) is 3.24. The number of nitrogens with one attached hydrogen (secondary N) is 1. The number of anilines is 1. The minimum Gasteiger partial charge on any atom is -0.353 e. The summed E-state index contributed by atoms with van der Waals surface area (Å²) in [6.45, 7) is 5.94. The smallest absolute Gasteiger partial charge is 0.227 e. The number of nitrogens with zero attached hydrogens (tertiary/aromatic N) is 2. The summed E-state index contributed by atoms with van der Waals surface area (Å²) >= 11 is 0. The molecule has 2 amide bonds. The van der Waals surface area contributed by atoms with Crippen LogP contribution in [0.4, 0.5) is 5.69 Å². The predicted octanol–water partition coefficient (Wildman–Crippen LogP) is 3.51. The Hall–Kier alpha value is -1.88. The number of hydrogen-bond donors (Lipinski definition) is 1. The first kappa shape index (κ1) is 20.4. The lowest BCUT2D eigenvalue weighted by molar-refractivity contribution is -0.127. The zero-order valence-corrected chi connectivity index (χ0v) is 17.7. The lowest BCUT2D eigenvalue weighted by Gasteiger charge is -2.35. The van der Waals surface area contributed by atoms with Gasteiger partial charge in [-0.05, 0) is 50.7 Å². The van der Waals surface area contributed by atoms with Gasteiger partial charge in [0.05, 0.1) is 5.92 Å². The van der Waals surface area contributed by atoms with Crippen molar-refractivity contribution >= 4 is 17.5 Å². The number of hydrogen-bond acceptors (Lipinski definition) is 3. The van der Waals surface area contributed by atoms with E-state index in [0.717, 1.165) is 37.5 Å². The van der Waals surface area contributed by atoms with Gasteiger partial charge in [-0.3, -0.25) is 9.59 Å². The van der Waals surface area contributed by atoms with Crippen molar-refractivity contribution in [1.29, 1.82) is 0 Å². The first-order chi connectivity index (χ1) is 14.1. The second kappa shape index (κ2) is 9.29. The van der Waals surface area contributed by atoms with E-state index in [1.807, 2.05) is 31.2 Å². The molecular formula is C24H35N3O2. The molecule has 1 N–H and O–H groups in total. The molecule has 1 aromatic carbocycles. The Balaban J connectivity index is 1.23. The molecule has 1 atom stereocenters. The van der Waals surface area contributed by atoms with Crippen LogP contribution in [-0.4, -0.2) is 48.9 Å². The molecule has 1 aromatic rings. The van der Waals surface area contributed by atoms with Gasteiger partial charge in [-0.25, -0.2) is 0 Å². The number of amides is 2. The van der Waals surface area contributed by atoms with Crippen molar-refractivity contribution in [3.05, 3.63) is 29.8 Å². The maximum Gasteiger partial charge on any atom is 0.227 e. The van der Waals surface area contributed by atoms with Crippen LogP contribution in [-0.2, 0) is 9.59 Å². The van der Waals surface area contributed by atoms with E-state index in [1.54, 1.807) is 4.90 Å². The molecule has 3 fully saturated rings. The lowest BCUT2D eigenvalue weighted by atomic mass is 9.88. The van der Waals surface area contributed by atoms with Gasteiger partial charge in [-0.1, -0.05) is 37.0 Å². The van der Waals surface area contributed by atoms with Crippen molar-refractivity contribution in [1.82, 2.24) is 10.2 Å². The van der Waals surface area contributed by atoms with E-state index >= 15 is 0 Å². The Kier molecular flexibility index (Phi) is 6.53. The number of rotatable bonds is 5. The lowest BCUT2D eigenvalue weighted by Crippen LogP contribution is -2.47. The third kappa shape index (κ3) is 5.19. The Morgan fingerprint density at radius 2 is 1.72 bits per heavy atom. The molecule has 4 rings (SSSR count). The minimum atomic E-state index is -0.232. The fraction of sp³-hybridized carbons (Fsp3) is 0.667. The van der Waals surface area contributed by atoms with Crippen molar-refractivity contribution in [2.24, 2.45) is 11.8 Å². The molecule has 0 aromatic heterocycles. The number of benzene rings is 1. The van der Waals surface area contributed by atoms with Crippen LogP contribution in [0.25, 0.3) is 0 Å². The maximum atomic E-state index is 12.8. The topological polar surface area (TPSA) is 52.7 Å². The van der Waals surface area contributed by atoms with Crippen LogP contribution in [0.1, 0.15) is 56.9 Å². The van der Waals surface area contributed by atoms with E-state index in [9.17, 15) is 9.59 Å². The first-order valence-corrected chi connectivity index (χ1v) is 11.5. The van der Waals surface area contributed by atoms with E-state index in [0.29, 0.717) is 13.0 Å². The van der Waals surface area contributed by atoms with Gasteiger partial charge in [0.2, 0.25) is 11.8 Å². The fourth-order valence-electron chi connectivity index (χ4n) is 5.17. The van der Waals surface area contributed by atoms with Gasteiger partial charge >= 0.3 is 0 Å². The molecule has 3 aliphatic rings. The fourth-order valence-corrected chi connectivity index (χ4v) is 5.17. The molecule has 2 saturated heterocycles. The molecular weight excluding hydrogens is 362 g/mol. The number of likely N-dealkylation sites (tertiary alicyclic amines) is 1. The van der Waals surface area contributed by atoms with Crippen LogP contribution in [0.5, 0.6) is 0 Å². The van der Waals surface area contributed by atoms with E-state index in [1.165, 1.54) is 44.2 Å². The molecule has 0 bridgehead atoms. The normalized spacial score (nSPS) is 24.8. The van der Waals surface area contributed by atoms with Crippen LogP contribution in [0.2, 0.25) is 0 Å². The highest BCUT2D eigenvalue weighted by molar-refractivity contribution is 6.00. The maximum absolute atomic E-state index is 12.8. The zero-order chi connectivity index (χ0) is 20.2. The molecule has 0 spiro atoms. The Bertz CT molecular complexity index is 703. The van der Waals surface area contributed by atoms with Crippen molar-refractivity contribution < 1.29 is 9.59 Å². The van der Waals surface area contributed by atoms with E-state index < -0.39 is 0 Å². The molecule has 5 nitrogen and oxygen atoms in total. The van der Waals surface area contributed by atoms with Gasteiger partial charge in [0.15, 0.2) is 0 Å². The average Bonchev–Trinajstić information content (AvgIpc) is 3.13. The standard InChI is InChI=1S/C24H35N3O2/c1-18-7-9-22(10-8-18)27-17-20(15-23(27)28)24(29)25-21-11-13-26(14-12-21)16-19-5-3-2-4-6-19/h7-10,19-21H,2-6,11-17H2,1H3,(H,25,29)/t20-/m0/s1. The van der Waals surface area contributed by atoms with Crippen LogP contribution < -0.4 is 10.2 Å². The van der Waals surface area contributed by atoms with E-state index in [2.05, 4.69) is 10.2 Å². The summed E-state index contributed by atoms with van der Waals surface area (Å²) in [5.41, 5.74) is 2.07. The first-order valence-electron chi connectivity index (χ1n) is 11.5. The number of piperidine rings is 1. The van der Waals surface area contributed by atoms with Gasteiger partial charge in [0, 0.05) is 44.3 Å². The van der Waals surface area contributed by atoms with E-state index in [-0.39, 0.29) is 23.8 Å². The molecule has 5 heteroatoms. The van der Waals surface area contributed by atoms with Crippen molar-refractivity contribution in [3.63, 3.8) is 0 Å². The summed E-state index contributed by atoms with van der Waals surface area (Å²) in [4.78, 5) is 29.6. The molecule has 1 aliphatic carbocycles. The quantitative estimate of drug-likeness (QED) is 0.827. The summed E-state index contributed by atoms with van der Waals surface area (Å²) in [6, 6.07) is 8.22.